The zero-order chi connectivity index (χ0) is 22.0. The maximum absolute atomic E-state index is 13.3. The van der Waals surface area contributed by atoms with Gasteiger partial charge in [0.15, 0.2) is 0 Å². The largest absolute Gasteiger partial charge is 0.507 e. The number of halogens is 1. The molecule has 2 heterocycles. The van der Waals surface area contributed by atoms with Crippen LogP contribution in [0.4, 0.5) is 10.3 Å². The Morgan fingerprint density at radius 3 is 2.32 bits per heavy atom. The van der Waals surface area contributed by atoms with Gasteiger partial charge in [0.2, 0.25) is 5.95 Å². The van der Waals surface area contributed by atoms with Crippen molar-refractivity contribution in [3.05, 3.63) is 89.5 Å². The third-order valence-electron chi connectivity index (χ3n) is 4.84. The summed E-state index contributed by atoms with van der Waals surface area (Å²) in [5.41, 5.74) is 0.635. The number of anilines is 1. The molecule has 1 N–H and O–H groups in total. The Kier molecular flexibility index (Phi) is 5.44. The summed E-state index contributed by atoms with van der Waals surface area (Å²) in [6, 6.07) is 12.5. The number of carbonyl (C=O) groups is 2. The second kappa shape index (κ2) is 8.35. The molecule has 1 aliphatic rings. The van der Waals surface area contributed by atoms with Crippen LogP contribution in [-0.2, 0) is 9.59 Å². The molecule has 1 unspecified atom stereocenters. The van der Waals surface area contributed by atoms with Gasteiger partial charge in [-0.05, 0) is 55.0 Å². The van der Waals surface area contributed by atoms with Crippen LogP contribution in [-0.4, -0.2) is 33.4 Å². The Morgan fingerprint density at radius 1 is 1.06 bits per heavy atom. The number of carbonyl (C=O) groups excluding carboxylic acids is 2. The molecule has 0 saturated carbocycles. The lowest BCUT2D eigenvalue weighted by molar-refractivity contribution is -0.132. The summed E-state index contributed by atoms with van der Waals surface area (Å²) in [6.45, 7) is 2.35. The Morgan fingerprint density at radius 2 is 1.71 bits per heavy atom. The van der Waals surface area contributed by atoms with E-state index < -0.39 is 29.3 Å². The van der Waals surface area contributed by atoms with Crippen LogP contribution in [0.1, 0.15) is 24.1 Å². The number of ketones is 1. The number of rotatable bonds is 5. The molecular weight excluding hydrogens is 401 g/mol. The number of nitrogens with zero attached hydrogens (tertiary/aromatic N) is 3. The first-order valence-electron chi connectivity index (χ1n) is 9.58. The summed E-state index contributed by atoms with van der Waals surface area (Å²) in [4.78, 5) is 35.3. The van der Waals surface area contributed by atoms with Gasteiger partial charge in [-0.1, -0.05) is 12.1 Å². The molecule has 1 fully saturated rings. The van der Waals surface area contributed by atoms with Gasteiger partial charge in [0.25, 0.3) is 5.78 Å². The molecule has 156 valence electrons. The van der Waals surface area contributed by atoms with Crippen LogP contribution in [0.2, 0.25) is 0 Å². The summed E-state index contributed by atoms with van der Waals surface area (Å²) in [5.74, 6) is -1.99. The van der Waals surface area contributed by atoms with Gasteiger partial charge in [-0.3, -0.25) is 14.5 Å². The minimum absolute atomic E-state index is 0.0293. The quantitative estimate of drug-likeness (QED) is 0.386. The smallest absolute Gasteiger partial charge is 0.302 e. The van der Waals surface area contributed by atoms with E-state index in [1.807, 2.05) is 6.92 Å². The van der Waals surface area contributed by atoms with Crippen molar-refractivity contribution in [1.82, 2.24) is 9.97 Å². The van der Waals surface area contributed by atoms with E-state index in [1.165, 1.54) is 24.5 Å². The molecule has 4 rings (SSSR count). The molecule has 0 bridgehead atoms. The fourth-order valence-corrected chi connectivity index (χ4v) is 3.45. The Labute approximate surface area is 177 Å². The molecule has 0 radical (unpaired) electrons. The Balaban J connectivity index is 1.89. The highest BCUT2D eigenvalue weighted by Crippen LogP contribution is 2.41. The van der Waals surface area contributed by atoms with Crippen LogP contribution in [0.25, 0.3) is 5.76 Å². The van der Waals surface area contributed by atoms with Gasteiger partial charge < -0.3 is 9.84 Å². The summed E-state index contributed by atoms with van der Waals surface area (Å²) < 4.78 is 18.8. The average Bonchev–Trinajstić information content (AvgIpc) is 3.06. The Bertz CT molecular complexity index is 1150. The fourth-order valence-electron chi connectivity index (χ4n) is 3.45. The molecule has 0 aliphatic carbocycles. The van der Waals surface area contributed by atoms with Crippen molar-refractivity contribution in [3.8, 4) is 5.75 Å². The molecule has 1 atom stereocenters. The van der Waals surface area contributed by atoms with Gasteiger partial charge in [0.05, 0.1) is 18.2 Å². The van der Waals surface area contributed by atoms with Crippen molar-refractivity contribution in [1.29, 1.82) is 0 Å². The van der Waals surface area contributed by atoms with Gasteiger partial charge in [0.1, 0.15) is 17.3 Å². The van der Waals surface area contributed by atoms with Crippen molar-refractivity contribution in [2.75, 3.05) is 11.5 Å². The van der Waals surface area contributed by atoms with Gasteiger partial charge >= 0.3 is 5.91 Å². The molecule has 1 saturated heterocycles. The summed E-state index contributed by atoms with van der Waals surface area (Å²) in [7, 11) is 0. The normalized spacial score (nSPS) is 17.7. The third-order valence-corrected chi connectivity index (χ3v) is 4.84. The van der Waals surface area contributed by atoms with E-state index in [0.717, 1.165) is 17.0 Å². The van der Waals surface area contributed by atoms with E-state index in [0.29, 0.717) is 17.9 Å². The van der Waals surface area contributed by atoms with Crippen LogP contribution in [0.15, 0.2) is 72.6 Å². The summed E-state index contributed by atoms with van der Waals surface area (Å²) in [6.07, 6.45) is 2.91. The van der Waals surface area contributed by atoms with Gasteiger partial charge in [-0.15, -0.1) is 0 Å². The van der Waals surface area contributed by atoms with E-state index in [-0.39, 0.29) is 17.1 Å². The topological polar surface area (TPSA) is 92.6 Å². The second-order valence-electron chi connectivity index (χ2n) is 6.73. The van der Waals surface area contributed by atoms with Gasteiger partial charge in [-0.25, -0.2) is 14.4 Å². The molecule has 3 aromatic rings. The average molecular weight is 419 g/mol. The predicted octanol–water partition coefficient (Wildman–Crippen LogP) is 3.64. The fraction of sp³-hybridized carbons (Fsp3) is 0.130. The number of hydrogen-bond acceptors (Lipinski definition) is 6. The van der Waals surface area contributed by atoms with Crippen molar-refractivity contribution >= 4 is 23.4 Å². The first-order valence-corrected chi connectivity index (χ1v) is 9.58. The van der Waals surface area contributed by atoms with E-state index in [4.69, 9.17) is 4.74 Å². The minimum Gasteiger partial charge on any atom is -0.507 e. The number of aliphatic hydroxyl groups is 1. The van der Waals surface area contributed by atoms with Crippen LogP contribution in [0.3, 0.4) is 0 Å². The predicted molar refractivity (Wildman–Crippen MR) is 111 cm³/mol. The van der Waals surface area contributed by atoms with Crippen molar-refractivity contribution in [3.63, 3.8) is 0 Å². The number of aromatic nitrogens is 2. The molecule has 0 spiro atoms. The van der Waals surface area contributed by atoms with E-state index >= 15 is 0 Å². The molecule has 8 heteroatoms. The van der Waals surface area contributed by atoms with E-state index in [9.17, 15) is 19.1 Å². The van der Waals surface area contributed by atoms with E-state index in [1.54, 1.807) is 30.3 Å². The molecular formula is C23H18FN3O4. The zero-order valence-corrected chi connectivity index (χ0v) is 16.5. The molecule has 2 aromatic carbocycles. The zero-order valence-electron chi connectivity index (χ0n) is 16.5. The number of benzene rings is 2. The van der Waals surface area contributed by atoms with Gasteiger partial charge in [-0.2, -0.15) is 0 Å². The molecule has 1 aliphatic heterocycles. The van der Waals surface area contributed by atoms with Crippen LogP contribution in [0, 0.1) is 5.82 Å². The number of aliphatic hydroxyl groups excluding tert-OH is 1. The highest BCUT2D eigenvalue weighted by Gasteiger charge is 2.48. The molecule has 31 heavy (non-hydrogen) atoms. The summed E-state index contributed by atoms with van der Waals surface area (Å²) >= 11 is 0. The Hall–Kier alpha value is -4.07. The molecule has 1 aromatic heterocycles. The monoisotopic (exact) mass is 419 g/mol. The highest BCUT2D eigenvalue weighted by molar-refractivity contribution is 6.51. The number of Topliss-reactive ketones (excluding diaryl/α,β-unsaturated/α-hetero) is 1. The van der Waals surface area contributed by atoms with Crippen molar-refractivity contribution in [2.45, 2.75) is 13.0 Å². The number of hydrogen-bond donors (Lipinski definition) is 1. The van der Waals surface area contributed by atoms with Gasteiger partial charge in [0, 0.05) is 18.0 Å². The number of amides is 1. The standard InChI is InChI=1S/C23H18FN3O4/c1-2-31-17-10-6-14(7-11-17)19-18(20(28)15-4-8-16(24)9-5-15)21(29)22(30)27(19)23-25-12-3-13-26-23/h3-13,19,28H,2H2,1H3/b20-18-. The maximum Gasteiger partial charge on any atom is 0.302 e. The lowest BCUT2D eigenvalue weighted by Crippen LogP contribution is -2.31. The molecule has 1 amide bonds. The second-order valence-corrected chi connectivity index (χ2v) is 6.73. The van der Waals surface area contributed by atoms with E-state index in [2.05, 4.69) is 9.97 Å². The number of ether oxygens (including phenoxy) is 1. The minimum atomic E-state index is -0.969. The lowest BCUT2D eigenvalue weighted by atomic mass is 9.95. The van der Waals surface area contributed by atoms with Crippen molar-refractivity contribution in [2.24, 2.45) is 0 Å². The van der Waals surface area contributed by atoms with Crippen LogP contribution < -0.4 is 9.64 Å². The maximum atomic E-state index is 13.3. The lowest BCUT2D eigenvalue weighted by Gasteiger charge is -2.23. The molecule has 7 nitrogen and oxygen atoms in total. The highest BCUT2D eigenvalue weighted by atomic mass is 19.1. The first kappa shape index (κ1) is 20.2. The SMILES string of the molecule is CCOc1ccc(C2/C(=C(/O)c3ccc(F)cc3)C(=O)C(=O)N2c2ncccn2)cc1. The summed E-state index contributed by atoms with van der Waals surface area (Å²) in [5, 5.41) is 10.9. The third kappa shape index (κ3) is 3.75. The first-order chi connectivity index (χ1) is 15.0. The van der Waals surface area contributed by atoms with Crippen LogP contribution >= 0.6 is 0 Å². The van der Waals surface area contributed by atoms with Crippen LogP contribution in [0.5, 0.6) is 5.75 Å². The van der Waals surface area contributed by atoms with Crippen molar-refractivity contribution < 1.29 is 23.8 Å².